The van der Waals surface area contributed by atoms with Crippen LogP contribution in [-0.2, 0) is 13.1 Å². The highest BCUT2D eigenvalue weighted by molar-refractivity contribution is 7.80. The fraction of sp³-hybridized carbons (Fsp3) is 0.296. The largest absolute Gasteiger partial charge is 0.346 e. The van der Waals surface area contributed by atoms with Gasteiger partial charge in [-0.05, 0) is 49.8 Å². The summed E-state index contributed by atoms with van der Waals surface area (Å²) in [5.74, 6) is 0.744. The van der Waals surface area contributed by atoms with E-state index in [0.717, 1.165) is 60.5 Å². The minimum atomic E-state index is 0.618. The number of aromatic nitrogens is 4. The molecule has 1 fully saturated rings. The van der Waals surface area contributed by atoms with Crippen LogP contribution in [0.2, 0.25) is 5.02 Å². The Morgan fingerprint density at radius 1 is 0.917 bits per heavy atom. The maximum atomic E-state index is 6.28. The van der Waals surface area contributed by atoms with E-state index >= 15 is 0 Å². The minimum absolute atomic E-state index is 0.618. The molecule has 5 rings (SSSR count). The molecule has 3 heterocycles. The Kier molecular flexibility index (Phi) is 7.36. The number of rotatable bonds is 6. The summed E-state index contributed by atoms with van der Waals surface area (Å²) in [6.07, 6.45) is 1.94. The highest BCUT2D eigenvalue weighted by atomic mass is 35.5. The molecule has 1 N–H and O–H groups in total. The van der Waals surface area contributed by atoms with Crippen LogP contribution in [0.4, 0.5) is 5.82 Å². The normalized spacial score (nSPS) is 14.2. The molecule has 0 atom stereocenters. The van der Waals surface area contributed by atoms with Crippen molar-refractivity contribution in [2.45, 2.75) is 26.9 Å². The molecule has 186 valence electrons. The van der Waals surface area contributed by atoms with Crippen molar-refractivity contribution >= 4 is 34.7 Å². The van der Waals surface area contributed by atoms with Gasteiger partial charge in [-0.25, -0.2) is 4.68 Å². The van der Waals surface area contributed by atoms with Crippen LogP contribution in [0.1, 0.15) is 22.5 Å². The predicted octanol–water partition coefficient (Wildman–Crippen LogP) is 4.90. The van der Waals surface area contributed by atoms with Gasteiger partial charge in [0.2, 0.25) is 0 Å². The van der Waals surface area contributed by atoms with E-state index in [0.29, 0.717) is 11.7 Å². The standard InChI is InChI=1S/C27H30ClN7S/c1-20-24(21(2)35(30-20)23-9-4-3-5-10-23)19-32-14-16-33(17-15-32)27(36)29-26-12-13-34(31-26)18-22-8-6-7-11-25(22)28/h3-13H,14-19H2,1-2H3,(H,29,31,36). The van der Waals surface area contributed by atoms with E-state index in [-0.39, 0.29) is 0 Å². The Bertz CT molecular complexity index is 1340. The zero-order valence-electron chi connectivity index (χ0n) is 20.6. The van der Waals surface area contributed by atoms with E-state index in [9.17, 15) is 0 Å². The van der Waals surface area contributed by atoms with E-state index in [4.69, 9.17) is 28.9 Å². The number of hydrogen-bond donors (Lipinski definition) is 1. The first-order chi connectivity index (χ1) is 17.5. The van der Waals surface area contributed by atoms with Crippen LogP contribution in [0.5, 0.6) is 0 Å². The Morgan fingerprint density at radius 3 is 2.39 bits per heavy atom. The number of hydrogen-bond acceptors (Lipinski definition) is 4. The summed E-state index contributed by atoms with van der Waals surface area (Å²) in [6, 6.07) is 20.1. The van der Waals surface area contributed by atoms with Crippen molar-refractivity contribution in [3.8, 4) is 5.69 Å². The lowest BCUT2D eigenvalue weighted by Crippen LogP contribution is -2.49. The Hall–Kier alpha value is -3.20. The van der Waals surface area contributed by atoms with Gasteiger partial charge in [0, 0.05) is 61.3 Å². The Morgan fingerprint density at radius 2 is 1.64 bits per heavy atom. The first-order valence-electron chi connectivity index (χ1n) is 12.1. The molecule has 1 aliphatic heterocycles. The summed E-state index contributed by atoms with van der Waals surface area (Å²) in [7, 11) is 0. The second kappa shape index (κ2) is 10.8. The molecular weight excluding hydrogens is 490 g/mol. The summed E-state index contributed by atoms with van der Waals surface area (Å²) in [5.41, 5.74) is 5.72. The van der Waals surface area contributed by atoms with Gasteiger partial charge in [-0.3, -0.25) is 9.58 Å². The average Bonchev–Trinajstić information content (AvgIpc) is 3.45. The summed E-state index contributed by atoms with van der Waals surface area (Å²) in [4.78, 5) is 4.69. The van der Waals surface area contributed by atoms with Gasteiger partial charge in [-0.15, -0.1) is 0 Å². The van der Waals surface area contributed by atoms with Gasteiger partial charge in [0.25, 0.3) is 0 Å². The Balaban J connectivity index is 1.14. The summed E-state index contributed by atoms with van der Waals surface area (Å²) >= 11 is 12.0. The lowest BCUT2D eigenvalue weighted by atomic mass is 10.1. The molecule has 0 spiro atoms. The summed E-state index contributed by atoms with van der Waals surface area (Å²) in [6.45, 7) is 9.40. The number of nitrogens with one attached hydrogen (secondary N) is 1. The highest BCUT2D eigenvalue weighted by Gasteiger charge is 2.22. The fourth-order valence-corrected chi connectivity index (χ4v) is 5.05. The van der Waals surface area contributed by atoms with Crippen LogP contribution in [0.3, 0.4) is 0 Å². The number of halogens is 1. The van der Waals surface area contributed by atoms with E-state index in [1.807, 2.05) is 64.1 Å². The zero-order chi connectivity index (χ0) is 25.1. The number of benzene rings is 2. The van der Waals surface area contributed by atoms with Gasteiger partial charge < -0.3 is 10.2 Å². The van der Waals surface area contributed by atoms with Crippen LogP contribution >= 0.6 is 23.8 Å². The van der Waals surface area contributed by atoms with Crippen molar-refractivity contribution in [1.82, 2.24) is 29.4 Å². The number of aryl methyl sites for hydroxylation is 1. The molecule has 0 aliphatic carbocycles. The van der Waals surface area contributed by atoms with Crippen LogP contribution in [0, 0.1) is 13.8 Å². The molecule has 9 heteroatoms. The monoisotopic (exact) mass is 519 g/mol. The van der Waals surface area contributed by atoms with Crippen molar-refractivity contribution in [2.24, 2.45) is 0 Å². The molecule has 0 unspecified atom stereocenters. The van der Waals surface area contributed by atoms with Crippen molar-refractivity contribution < 1.29 is 0 Å². The number of piperazine rings is 1. The topological polar surface area (TPSA) is 54.2 Å². The van der Waals surface area contributed by atoms with Gasteiger partial charge in [0.15, 0.2) is 10.9 Å². The third-order valence-electron chi connectivity index (χ3n) is 6.65. The first-order valence-corrected chi connectivity index (χ1v) is 12.9. The SMILES string of the molecule is Cc1nn(-c2ccccc2)c(C)c1CN1CCN(C(=S)Nc2ccn(Cc3ccccc3Cl)n2)CC1. The van der Waals surface area contributed by atoms with Crippen molar-refractivity contribution in [1.29, 1.82) is 0 Å². The molecule has 0 saturated carbocycles. The molecule has 0 radical (unpaired) electrons. The lowest BCUT2D eigenvalue weighted by molar-refractivity contribution is 0.176. The molecule has 0 amide bonds. The zero-order valence-corrected chi connectivity index (χ0v) is 22.1. The number of para-hydroxylation sites is 1. The summed E-state index contributed by atoms with van der Waals surface area (Å²) in [5, 5.41) is 14.2. The van der Waals surface area contributed by atoms with E-state index < -0.39 is 0 Å². The van der Waals surface area contributed by atoms with Gasteiger partial charge in [0.1, 0.15) is 0 Å². The molecule has 1 saturated heterocycles. The molecule has 2 aromatic carbocycles. The van der Waals surface area contributed by atoms with Crippen molar-refractivity contribution in [3.05, 3.63) is 94.4 Å². The van der Waals surface area contributed by atoms with E-state index in [1.54, 1.807) is 0 Å². The summed E-state index contributed by atoms with van der Waals surface area (Å²) < 4.78 is 3.91. The first kappa shape index (κ1) is 24.5. The molecule has 36 heavy (non-hydrogen) atoms. The molecule has 1 aliphatic rings. The minimum Gasteiger partial charge on any atom is -0.346 e. The second-order valence-corrected chi connectivity index (χ2v) is 9.87. The van der Waals surface area contributed by atoms with Gasteiger partial charge in [-0.1, -0.05) is 48.0 Å². The number of anilines is 1. The van der Waals surface area contributed by atoms with Crippen LogP contribution in [0.15, 0.2) is 66.9 Å². The average molecular weight is 520 g/mol. The molecular formula is C27H30ClN7S. The van der Waals surface area contributed by atoms with Crippen LogP contribution in [-0.4, -0.2) is 60.7 Å². The van der Waals surface area contributed by atoms with Crippen molar-refractivity contribution in [2.75, 3.05) is 31.5 Å². The van der Waals surface area contributed by atoms with Gasteiger partial charge >= 0.3 is 0 Å². The molecule has 2 aromatic heterocycles. The van der Waals surface area contributed by atoms with Gasteiger partial charge in [0.05, 0.1) is 17.9 Å². The predicted molar refractivity (Wildman–Crippen MR) is 149 cm³/mol. The molecule has 4 aromatic rings. The van der Waals surface area contributed by atoms with Gasteiger partial charge in [-0.2, -0.15) is 10.2 Å². The quantitative estimate of drug-likeness (QED) is 0.366. The smallest absolute Gasteiger partial charge is 0.174 e. The third kappa shape index (κ3) is 5.46. The maximum Gasteiger partial charge on any atom is 0.174 e. The lowest BCUT2D eigenvalue weighted by Gasteiger charge is -2.36. The highest BCUT2D eigenvalue weighted by Crippen LogP contribution is 2.21. The number of thiocarbonyl (C=S) groups is 1. The van der Waals surface area contributed by atoms with E-state index in [1.165, 1.54) is 11.3 Å². The second-order valence-electron chi connectivity index (χ2n) is 9.08. The number of nitrogens with zero attached hydrogens (tertiary/aromatic N) is 6. The van der Waals surface area contributed by atoms with Crippen LogP contribution in [0.25, 0.3) is 5.69 Å². The van der Waals surface area contributed by atoms with Crippen molar-refractivity contribution in [3.63, 3.8) is 0 Å². The third-order valence-corrected chi connectivity index (χ3v) is 7.38. The Labute approximate surface area is 222 Å². The van der Waals surface area contributed by atoms with E-state index in [2.05, 4.69) is 46.2 Å². The molecule has 7 nitrogen and oxygen atoms in total. The fourth-order valence-electron chi connectivity index (χ4n) is 4.56. The maximum absolute atomic E-state index is 6.28. The molecule has 0 bridgehead atoms. The van der Waals surface area contributed by atoms with Crippen LogP contribution < -0.4 is 5.32 Å².